The zero-order chi connectivity index (χ0) is 19.6. The van der Waals surface area contributed by atoms with Crippen LogP contribution in [0.5, 0.6) is 0 Å². The quantitative estimate of drug-likeness (QED) is 0.303. The van der Waals surface area contributed by atoms with E-state index < -0.39 is 10.9 Å². The van der Waals surface area contributed by atoms with E-state index in [1.807, 2.05) is 0 Å². The summed E-state index contributed by atoms with van der Waals surface area (Å²) in [4.78, 5) is 22.5. The van der Waals surface area contributed by atoms with E-state index in [1.54, 1.807) is 37.3 Å². The van der Waals surface area contributed by atoms with Crippen molar-refractivity contribution in [1.82, 2.24) is 0 Å². The van der Waals surface area contributed by atoms with Gasteiger partial charge in [0.15, 0.2) is 0 Å². The number of furan rings is 1. The van der Waals surface area contributed by atoms with Gasteiger partial charge in [0.1, 0.15) is 18.1 Å². The summed E-state index contributed by atoms with van der Waals surface area (Å²) in [5, 5.41) is 11.7. The van der Waals surface area contributed by atoms with E-state index in [1.165, 1.54) is 18.2 Å². The van der Waals surface area contributed by atoms with Crippen LogP contribution in [0, 0.1) is 17.0 Å². The Bertz CT molecular complexity index is 1030. The Kier molecular flexibility index (Phi) is 5.48. The fourth-order valence-electron chi connectivity index (χ4n) is 2.47. The summed E-state index contributed by atoms with van der Waals surface area (Å²) in [6.07, 6.45) is 0. The summed E-state index contributed by atoms with van der Waals surface area (Å²) in [6.45, 7) is 1.49. The van der Waals surface area contributed by atoms with Crippen LogP contribution in [0.4, 0.5) is 5.69 Å². The van der Waals surface area contributed by atoms with E-state index in [9.17, 15) is 14.9 Å². The number of nitrogens with zero attached hydrogens (tertiary/aromatic N) is 1. The van der Waals surface area contributed by atoms with Crippen LogP contribution in [0.2, 0.25) is 10.0 Å². The Morgan fingerprint density at radius 2 is 1.89 bits per heavy atom. The number of esters is 1. The molecule has 0 unspecified atom stereocenters. The molecule has 0 N–H and O–H groups in total. The van der Waals surface area contributed by atoms with Crippen LogP contribution in [0.3, 0.4) is 0 Å². The molecule has 6 nitrogen and oxygen atoms in total. The molecule has 0 aliphatic rings. The first-order valence-electron chi connectivity index (χ1n) is 7.81. The minimum Gasteiger partial charge on any atom is -0.457 e. The molecule has 0 radical (unpaired) electrons. The molecule has 2 aromatic carbocycles. The summed E-state index contributed by atoms with van der Waals surface area (Å²) in [7, 11) is 0. The molecule has 0 atom stereocenters. The van der Waals surface area contributed by atoms with Gasteiger partial charge in [-0.25, -0.2) is 4.79 Å². The third-order valence-corrected chi connectivity index (χ3v) is 4.58. The van der Waals surface area contributed by atoms with Crippen molar-refractivity contribution >= 4 is 34.9 Å². The predicted octanol–water partition coefficient (Wildman–Crippen LogP) is 5.83. The second-order valence-corrected chi connectivity index (χ2v) is 6.54. The highest BCUT2D eigenvalue weighted by Gasteiger charge is 2.15. The largest absolute Gasteiger partial charge is 0.457 e. The number of aryl methyl sites for hydroxylation is 1. The van der Waals surface area contributed by atoms with Crippen molar-refractivity contribution in [3.05, 3.63) is 85.6 Å². The third kappa shape index (κ3) is 4.30. The SMILES string of the molecule is Cc1cc(C(=O)OCc2ccc(-c3ccc(Cl)c(Cl)c3)o2)ccc1[N+](=O)[O-]. The summed E-state index contributed by atoms with van der Waals surface area (Å²) >= 11 is 11.9. The van der Waals surface area contributed by atoms with Gasteiger partial charge in [0, 0.05) is 17.2 Å². The Morgan fingerprint density at radius 1 is 1.11 bits per heavy atom. The average molecular weight is 406 g/mol. The average Bonchev–Trinajstić information content (AvgIpc) is 3.10. The molecule has 0 saturated carbocycles. The molecule has 0 saturated heterocycles. The van der Waals surface area contributed by atoms with Crippen LogP contribution in [0.15, 0.2) is 52.9 Å². The van der Waals surface area contributed by atoms with Gasteiger partial charge in [-0.3, -0.25) is 10.1 Å². The number of hydrogen-bond acceptors (Lipinski definition) is 5. The van der Waals surface area contributed by atoms with E-state index in [0.717, 1.165) is 5.56 Å². The first kappa shape index (κ1) is 18.9. The summed E-state index contributed by atoms with van der Waals surface area (Å²) < 4.78 is 10.9. The second-order valence-electron chi connectivity index (χ2n) is 5.73. The van der Waals surface area contributed by atoms with Crippen LogP contribution in [0.25, 0.3) is 11.3 Å². The van der Waals surface area contributed by atoms with E-state index in [-0.39, 0.29) is 17.9 Å². The van der Waals surface area contributed by atoms with Gasteiger partial charge >= 0.3 is 5.97 Å². The van der Waals surface area contributed by atoms with Crippen LogP contribution in [0.1, 0.15) is 21.7 Å². The van der Waals surface area contributed by atoms with Crippen LogP contribution in [-0.4, -0.2) is 10.9 Å². The predicted molar refractivity (Wildman–Crippen MR) is 101 cm³/mol. The van der Waals surface area contributed by atoms with E-state index in [0.29, 0.717) is 27.1 Å². The van der Waals surface area contributed by atoms with Crippen molar-refractivity contribution in [2.24, 2.45) is 0 Å². The lowest BCUT2D eigenvalue weighted by molar-refractivity contribution is -0.385. The first-order valence-corrected chi connectivity index (χ1v) is 8.57. The van der Waals surface area contributed by atoms with Crippen LogP contribution >= 0.6 is 23.2 Å². The van der Waals surface area contributed by atoms with E-state index in [2.05, 4.69) is 0 Å². The number of nitro benzene ring substituents is 1. The van der Waals surface area contributed by atoms with Crippen molar-refractivity contribution in [3.8, 4) is 11.3 Å². The van der Waals surface area contributed by atoms with Crippen molar-refractivity contribution in [2.45, 2.75) is 13.5 Å². The van der Waals surface area contributed by atoms with Crippen LogP contribution < -0.4 is 0 Å². The lowest BCUT2D eigenvalue weighted by atomic mass is 10.1. The Hall–Kier alpha value is -2.83. The van der Waals surface area contributed by atoms with E-state index in [4.69, 9.17) is 32.4 Å². The summed E-state index contributed by atoms with van der Waals surface area (Å²) in [6, 6.07) is 12.6. The van der Waals surface area contributed by atoms with Gasteiger partial charge in [0.25, 0.3) is 5.69 Å². The summed E-state index contributed by atoms with van der Waals surface area (Å²) in [5.74, 6) is 0.411. The van der Waals surface area contributed by atoms with Gasteiger partial charge in [-0.1, -0.05) is 23.2 Å². The monoisotopic (exact) mass is 405 g/mol. The van der Waals surface area contributed by atoms with Crippen molar-refractivity contribution in [3.63, 3.8) is 0 Å². The minimum atomic E-state index is -0.597. The highest BCUT2D eigenvalue weighted by Crippen LogP contribution is 2.29. The molecule has 3 aromatic rings. The maximum absolute atomic E-state index is 12.1. The molecule has 1 aromatic heterocycles. The fourth-order valence-corrected chi connectivity index (χ4v) is 2.77. The second kappa shape index (κ2) is 7.82. The van der Waals surface area contributed by atoms with E-state index >= 15 is 0 Å². The molecule has 0 fully saturated rings. The minimum absolute atomic E-state index is 0.0520. The highest BCUT2D eigenvalue weighted by atomic mass is 35.5. The van der Waals surface area contributed by atoms with Crippen molar-refractivity contribution < 1.29 is 18.9 Å². The Morgan fingerprint density at radius 3 is 2.56 bits per heavy atom. The number of carbonyl (C=O) groups is 1. The molecule has 27 heavy (non-hydrogen) atoms. The number of benzene rings is 2. The van der Waals surface area contributed by atoms with Crippen molar-refractivity contribution in [2.75, 3.05) is 0 Å². The van der Waals surface area contributed by atoms with Gasteiger partial charge in [0.2, 0.25) is 0 Å². The molecular weight excluding hydrogens is 393 g/mol. The maximum atomic E-state index is 12.1. The van der Waals surface area contributed by atoms with Gasteiger partial charge in [-0.2, -0.15) is 0 Å². The van der Waals surface area contributed by atoms with Crippen LogP contribution in [-0.2, 0) is 11.3 Å². The Labute approximate surface area is 164 Å². The standard InChI is InChI=1S/C19H13Cl2NO5/c1-11-8-13(3-6-17(11)22(24)25)19(23)26-10-14-4-7-18(27-14)12-2-5-15(20)16(21)9-12/h2-9H,10H2,1H3. The number of halogens is 2. The lowest BCUT2D eigenvalue weighted by Crippen LogP contribution is -2.05. The number of nitro groups is 1. The van der Waals surface area contributed by atoms with Gasteiger partial charge in [0.05, 0.1) is 20.5 Å². The Balaban J connectivity index is 1.67. The lowest BCUT2D eigenvalue weighted by Gasteiger charge is -2.04. The fraction of sp³-hybridized carbons (Fsp3) is 0.105. The van der Waals surface area contributed by atoms with Crippen molar-refractivity contribution in [1.29, 1.82) is 0 Å². The van der Waals surface area contributed by atoms with Gasteiger partial charge < -0.3 is 9.15 Å². The third-order valence-electron chi connectivity index (χ3n) is 3.84. The zero-order valence-corrected chi connectivity index (χ0v) is 15.6. The van der Waals surface area contributed by atoms with Gasteiger partial charge in [-0.15, -0.1) is 0 Å². The topological polar surface area (TPSA) is 82.6 Å². The molecule has 138 valence electrons. The summed E-state index contributed by atoms with van der Waals surface area (Å²) in [5.41, 5.74) is 1.31. The molecule has 8 heteroatoms. The number of rotatable bonds is 5. The first-order chi connectivity index (χ1) is 12.8. The smallest absolute Gasteiger partial charge is 0.338 e. The number of ether oxygens (including phenoxy) is 1. The molecule has 0 bridgehead atoms. The molecular formula is C19H13Cl2NO5. The maximum Gasteiger partial charge on any atom is 0.338 e. The number of carbonyl (C=O) groups excluding carboxylic acids is 1. The number of hydrogen-bond donors (Lipinski definition) is 0. The normalized spacial score (nSPS) is 10.6. The molecule has 0 aliphatic carbocycles. The molecule has 0 amide bonds. The zero-order valence-electron chi connectivity index (χ0n) is 14.1. The van der Waals surface area contributed by atoms with Gasteiger partial charge in [-0.05, 0) is 49.4 Å². The molecule has 3 rings (SSSR count). The molecule has 1 heterocycles. The molecule has 0 spiro atoms. The highest BCUT2D eigenvalue weighted by molar-refractivity contribution is 6.42. The molecule has 0 aliphatic heterocycles.